The molecule has 1 atom stereocenters. The number of hydrogen-bond donors (Lipinski definition) is 1. The van der Waals surface area contributed by atoms with E-state index < -0.39 is 0 Å². The van der Waals surface area contributed by atoms with Gasteiger partial charge in [-0.3, -0.25) is 9.59 Å². The van der Waals surface area contributed by atoms with Gasteiger partial charge in [-0.25, -0.2) is 4.68 Å². The Kier molecular flexibility index (Phi) is 5.49. The van der Waals surface area contributed by atoms with Gasteiger partial charge in [0.25, 0.3) is 5.56 Å². The molecule has 0 radical (unpaired) electrons. The maximum atomic E-state index is 13.0. The molecule has 1 aliphatic rings. The van der Waals surface area contributed by atoms with Crippen LogP contribution in [0.15, 0.2) is 41.3 Å². The number of amides is 1. The van der Waals surface area contributed by atoms with Crippen LogP contribution < -0.4 is 10.9 Å². The van der Waals surface area contributed by atoms with Crippen molar-refractivity contribution in [3.63, 3.8) is 0 Å². The molecule has 152 valence electrons. The minimum Gasteiger partial charge on any atom is -0.376 e. The first-order valence-electron chi connectivity index (χ1n) is 10.0. The van der Waals surface area contributed by atoms with Crippen molar-refractivity contribution in [1.29, 1.82) is 0 Å². The van der Waals surface area contributed by atoms with Crippen LogP contribution in [-0.4, -0.2) is 39.5 Å². The fourth-order valence-corrected chi connectivity index (χ4v) is 3.99. The van der Waals surface area contributed by atoms with Gasteiger partial charge in [0.1, 0.15) is 6.54 Å². The molecular formula is C22H26N4O3. The minimum absolute atomic E-state index is 0.0722. The number of carbonyl (C=O) groups excluding carboxylic acids is 1. The SMILES string of the molecule is Cc1c2cnn(CC(=O)NC[C@@H]3CCCO3)c(=O)c2c(C)n1Cc1ccccc1. The van der Waals surface area contributed by atoms with Crippen LogP contribution in [-0.2, 0) is 22.6 Å². The summed E-state index contributed by atoms with van der Waals surface area (Å²) in [6.45, 7) is 5.76. The third kappa shape index (κ3) is 3.96. The number of fused-ring (bicyclic) bond motifs is 1. The molecule has 1 saturated heterocycles. The van der Waals surface area contributed by atoms with Gasteiger partial charge in [0.15, 0.2) is 0 Å². The number of rotatable bonds is 6. The lowest BCUT2D eigenvalue weighted by Gasteiger charge is -2.11. The molecule has 7 nitrogen and oxygen atoms in total. The van der Waals surface area contributed by atoms with Crippen molar-refractivity contribution >= 4 is 16.7 Å². The molecule has 0 spiro atoms. The van der Waals surface area contributed by atoms with Gasteiger partial charge in [0, 0.05) is 36.5 Å². The zero-order chi connectivity index (χ0) is 20.4. The van der Waals surface area contributed by atoms with E-state index in [2.05, 4.69) is 27.1 Å². The fraction of sp³-hybridized carbons (Fsp3) is 0.409. The van der Waals surface area contributed by atoms with Crippen molar-refractivity contribution in [2.75, 3.05) is 13.2 Å². The number of ether oxygens (including phenoxy) is 1. The van der Waals surface area contributed by atoms with E-state index in [0.717, 1.165) is 36.2 Å². The molecule has 0 unspecified atom stereocenters. The molecule has 0 saturated carbocycles. The van der Waals surface area contributed by atoms with Crippen molar-refractivity contribution in [3.8, 4) is 0 Å². The van der Waals surface area contributed by atoms with E-state index >= 15 is 0 Å². The molecule has 4 rings (SSSR count). The van der Waals surface area contributed by atoms with E-state index in [1.807, 2.05) is 32.0 Å². The molecule has 1 aromatic carbocycles. The largest absolute Gasteiger partial charge is 0.376 e. The van der Waals surface area contributed by atoms with Crippen LogP contribution in [0.25, 0.3) is 10.8 Å². The van der Waals surface area contributed by atoms with Gasteiger partial charge in [-0.15, -0.1) is 0 Å². The zero-order valence-electron chi connectivity index (χ0n) is 16.9. The second-order valence-electron chi connectivity index (χ2n) is 7.58. The van der Waals surface area contributed by atoms with E-state index in [0.29, 0.717) is 18.5 Å². The number of nitrogens with one attached hydrogen (secondary N) is 1. The molecule has 1 amide bonds. The van der Waals surface area contributed by atoms with Gasteiger partial charge in [-0.05, 0) is 32.3 Å². The first kappa shape index (κ1) is 19.4. The summed E-state index contributed by atoms with van der Waals surface area (Å²) in [4.78, 5) is 25.3. The Morgan fingerprint density at radius 2 is 2.03 bits per heavy atom. The lowest BCUT2D eigenvalue weighted by molar-refractivity contribution is -0.122. The summed E-state index contributed by atoms with van der Waals surface area (Å²) in [7, 11) is 0. The second kappa shape index (κ2) is 8.21. The highest BCUT2D eigenvalue weighted by Crippen LogP contribution is 2.23. The van der Waals surface area contributed by atoms with Crippen molar-refractivity contribution in [1.82, 2.24) is 19.7 Å². The van der Waals surface area contributed by atoms with E-state index in [-0.39, 0.29) is 24.1 Å². The molecule has 3 aromatic rings. The van der Waals surface area contributed by atoms with Gasteiger partial charge < -0.3 is 14.6 Å². The van der Waals surface area contributed by atoms with Crippen LogP contribution >= 0.6 is 0 Å². The van der Waals surface area contributed by atoms with Crippen LogP contribution in [0.5, 0.6) is 0 Å². The summed E-state index contributed by atoms with van der Waals surface area (Å²) in [5.74, 6) is -0.229. The Morgan fingerprint density at radius 3 is 2.76 bits per heavy atom. The standard InChI is InChI=1S/C22H26N4O3/c1-15-19-12-24-26(14-20(27)23-11-18-9-6-10-29-18)22(28)21(19)16(2)25(15)13-17-7-4-3-5-8-17/h3-5,7-8,12,18H,6,9-11,13-14H2,1-2H3,(H,23,27)/t18-/m0/s1. The summed E-state index contributed by atoms with van der Waals surface area (Å²) < 4.78 is 8.89. The predicted molar refractivity (Wildman–Crippen MR) is 111 cm³/mol. The van der Waals surface area contributed by atoms with Crippen molar-refractivity contribution < 1.29 is 9.53 Å². The van der Waals surface area contributed by atoms with E-state index in [1.54, 1.807) is 6.20 Å². The monoisotopic (exact) mass is 394 g/mol. The third-order valence-electron chi connectivity index (χ3n) is 5.63. The molecule has 2 aromatic heterocycles. The maximum absolute atomic E-state index is 13.0. The van der Waals surface area contributed by atoms with Crippen LogP contribution in [0.3, 0.4) is 0 Å². The lowest BCUT2D eigenvalue weighted by Crippen LogP contribution is -2.37. The summed E-state index contributed by atoms with van der Waals surface area (Å²) in [5, 5.41) is 8.55. The smallest absolute Gasteiger partial charge is 0.276 e. The fourth-order valence-electron chi connectivity index (χ4n) is 3.99. The quantitative estimate of drug-likeness (QED) is 0.695. The number of aromatic nitrogens is 3. The van der Waals surface area contributed by atoms with Crippen LogP contribution in [0.2, 0.25) is 0 Å². The zero-order valence-corrected chi connectivity index (χ0v) is 16.9. The van der Waals surface area contributed by atoms with Crippen LogP contribution in [0.1, 0.15) is 29.8 Å². The summed E-state index contributed by atoms with van der Waals surface area (Å²) >= 11 is 0. The molecule has 1 N–H and O–H groups in total. The highest BCUT2D eigenvalue weighted by molar-refractivity contribution is 5.87. The molecule has 7 heteroatoms. The average molecular weight is 394 g/mol. The Hall–Kier alpha value is -2.93. The van der Waals surface area contributed by atoms with Gasteiger partial charge in [0.2, 0.25) is 5.91 Å². The first-order chi connectivity index (χ1) is 14.0. The topological polar surface area (TPSA) is 78.2 Å². The number of hydrogen-bond acceptors (Lipinski definition) is 4. The predicted octanol–water partition coefficient (Wildman–Crippen LogP) is 2.16. The maximum Gasteiger partial charge on any atom is 0.276 e. The highest BCUT2D eigenvalue weighted by Gasteiger charge is 2.19. The van der Waals surface area contributed by atoms with Gasteiger partial charge in [0.05, 0.1) is 17.7 Å². The molecular weight excluding hydrogens is 368 g/mol. The second-order valence-corrected chi connectivity index (χ2v) is 7.58. The molecule has 1 fully saturated rings. The minimum atomic E-state index is -0.234. The highest BCUT2D eigenvalue weighted by atomic mass is 16.5. The van der Waals surface area contributed by atoms with E-state index in [9.17, 15) is 9.59 Å². The molecule has 3 heterocycles. The summed E-state index contributed by atoms with van der Waals surface area (Å²) in [6, 6.07) is 10.1. The summed E-state index contributed by atoms with van der Waals surface area (Å²) in [6.07, 6.45) is 3.74. The number of nitrogens with zero attached hydrogens (tertiary/aromatic N) is 3. The third-order valence-corrected chi connectivity index (χ3v) is 5.63. The van der Waals surface area contributed by atoms with Gasteiger partial charge >= 0.3 is 0 Å². The van der Waals surface area contributed by atoms with Crippen LogP contribution in [0, 0.1) is 13.8 Å². The van der Waals surface area contributed by atoms with Crippen LogP contribution in [0.4, 0.5) is 0 Å². The Bertz CT molecular complexity index is 1080. The average Bonchev–Trinajstić information content (AvgIpc) is 3.32. The van der Waals surface area contributed by atoms with E-state index in [4.69, 9.17) is 4.74 Å². The Balaban J connectivity index is 1.57. The number of aryl methyl sites for hydroxylation is 2. The lowest BCUT2D eigenvalue weighted by atomic mass is 10.2. The first-order valence-corrected chi connectivity index (χ1v) is 10.0. The molecule has 29 heavy (non-hydrogen) atoms. The van der Waals surface area contributed by atoms with Crippen molar-refractivity contribution in [2.24, 2.45) is 0 Å². The van der Waals surface area contributed by atoms with Gasteiger partial charge in [-0.2, -0.15) is 5.10 Å². The number of carbonyl (C=O) groups is 1. The Labute approximate surface area is 169 Å². The molecule has 1 aliphatic heterocycles. The normalized spacial score (nSPS) is 16.4. The Morgan fingerprint density at radius 1 is 1.24 bits per heavy atom. The molecule has 0 bridgehead atoms. The van der Waals surface area contributed by atoms with E-state index in [1.165, 1.54) is 10.2 Å². The van der Waals surface area contributed by atoms with Crippen molar-refractivity contribution in [3.05, 3.63) is 63.8 Å². The summed E-state index contributed by atoms with van der Waals surface area (Å²) in [5.41, 5.74) is 2.83. The van der Waals surface area contributed by atoms with Gasteiger partial charge in [-0.1, -0.05) is 30.3 Å². The molecule has 0 aliphatic carbocycles. The number of benzene rings is 1. The van der Waals surface area contributed by atoms with Crippen molar-refractivity contribution in [2.45, 2.75) is 45.9 Å².